The molecule has 8 aromatic carbocycles. The Morgan fingerprint density at radius 2 is 0.667 bits per heavy atom. The van der Waals surface area contributed by atoms with Crippen LogP contribution in [0.2, 0.25) is 0 Å². The van der Waals surface area contributed by atoms with Crippen molar-refractivity contribution in [2.75, 3.05) is 13.2 Å². The number of rotatable bonds is 14. The van der Waals surface area contributed by atoms with Crippen molar-refractivity contribution >= 4 is 0 Å². The average molecular weight is 861 g/mol. The molecule has 324 valence electrons. The second-order valence-electron chi connectivity index (χ2n) is 16.6. The van der Waals surface area contributed by atoms with Gasteiger partial charge in [-0.15, -0.1) is 13.2 Å². The molecule has 0 spiro atoms. The lowest BCUT2D eigenvalue weighted by molar-refractivity contribution is 0.363. The summed E-state index contributed by atoms with van der Waals surface area (Å²) in [6, 6.07) is 63.1. The fourth-order valence-corrected chi connectivity index (χ4v) is 10.2. The van der Waals surface area contributed by atoms with E-state index in [-0.39, 0.29) is 11.5 Å². The molecule has 10 rings (SSSR count). The van der Waals surface area contributed by atoms with E-state index in [1.54, 1.807) is 24.3 Å². The predicted molar refractivity (Wildman–Crippen MR) is 270 cm³/mol. The van der Waals surface area contributed by atoms with Gasteiger partial charge in [-0.05, 0) is 127 Å². The SMILES string of the molecule is C=CCOc1ccc(C2(c3ccc(OCC=C)cc3)c3ccccc3-c3ccccc32)cc1.C=CCc1cc(C2(c3ccc(O)c(CC=C)c3)c3ccccc3-c3ccccc32)ccc1O. The minimum Gasteiger partial charge on any atom is -0.508 e. The largest absolute Gasteiger partial charge is 0.508 e. The molecule has 4 nitrogen and oxygen atoms in total. The van der Waals surface area contributed by atoms with Crippen LogP contribution in [0.25, 0.3) is 22.3 Å². The van der Waals surface area contributed by atoms with Crippen LogP contribution < -0.4 is 9.47 Å². The summed E-state index contributed by atoms with van der Waals surface area (Å²) in [5.41, 5.74) is 15.1. The Morgan fingerprint density at radius 1 is 0.364 bits per heavy atom. The molecule has 0 unspecified atom stereocenters. The molecule has 0 saturated carbocycles. The number of hydrogen-bond donors (Lipinski definition) is 2. The number of fused-ring (bicyclic) bond motifs is 6. The van der Waals surface area contributed by atoms with Crippen molar-refractivity contribution in [3.63, 3.8) is 0 Å². The van der Waals surface area contributed by atoms with E-state index in [1.807, 2.05) is 48.6 Å². The Balaban J connectivity index is 0.000000166. The predicted octanol–water partition coefficient (Wildman–Crippen LogP) is 14.1. The zero-order valence-corrected chi connectivity index (χ0v) is 37.0. The highest BCUT2D eigenvalue weighted by atomic mass is 16.5. The number of hydrogen-bond acceptors (Lipinski definition) is 4. The smallest absolute Gasteiger partial charge is 0.119 e. The topological polar surface area (TPSA) is 58.9 Å². The summed E-state index contributed by atoms with van der Waals surface area (Å²) in [6.07, 6.45) is 8.30. The van der Waals surface area contributed by atoms with Crippen molar-refractivity contribution in [1.29, 1.82) is 0 Å². The summed E-state index contributed by atoms with van der Waals surface area (Å²) in [4.78, 5) is 0. The van der Waals surface area contributed by atoms with Gasteiger partial charge < -0.3 is 19.7 Å². The highest BCUT2D eigenvalue weighted by Crippen LogP contribution is 2.58. The monoisotopic (exact) mass is 860 g/mol. The van der Waals surface area contributed by atoms with Crippen LogP contribution >= 0.6 is 0 Å². The minimum absolute atomic E-state index is 0.270. The number of phenols is 2. The third-order valence-corrected chi connectivity index (χ3v) is 13.0. The van der Waals surface area contributed by atoms with Crippen molar-refractivity contribution < 1.29 is 19.7 Å². The lowest BCUT2D eigenvalue weighted by Crippen LogP contribution is -2.29. The van der Waals surface area contributed by atoms with Gasteiger partial charge in [-0.1, -0.05) is 183 Å². The van der Waals surface area contributed by atoms with Gasteiger partial charge in [0, 0.05) is 0 Å². The summed E-state index contributed by atoms with van der Waals surface area (Å²) in [5.74, 6) is 2.21. The Morgan fingerprint density at radius 3 is 0.985 bits per heavy atom. The van der Waals surface area contributed by atoms with Gasteiger partial charge in [-0.2, -0.15) is 0 Å². The van der Waals surface area contributed by atoms with Gasteiger partial charge in [-0.25, -0.2) is 0 Å². The maximum absolute atomic E-state index is 10.5. The summed E-state index contributed by atoms with van der Waals surface area (Å²) >= 11 is 0. The fourth-order valence-electron chi connectivity index (χ4n) is 10.2. The van der Waals surface area contributed by atoms with E-state index in [0.717, 1.165) is 33.8 Å². The van der Waals surface area contributed by atoms with E-state index in [4.69, 9.17) is 9.47 Å². The normalized spacial score (nSPS) is 13.1. The molecule has 0 atom stereocenters. The molecular weight excluding hydrogens is 809 g/mol. The summed E-state index contributed by atoms with van der Waals surface area (Å²) in [6.45, 7) is 16.2. The quantitative estimate of drug-likeness (QED) is 0.107. The molecule has 0 bridgehead atoms. The van der Waals surface area contributed by atoms with Gasteiger partial charge in [0.05, 0.1) is 10.8 Å². The number of phenolic OH excluding ortho intramolecular Hbond substituents is 2. The van der Waals surface area contributed by atoms with Gasteiger partial charge in [-0.3, -0.25) is 0 Å². The molecule has 0 saturated heterocycles. The first-order valence-corrected chi connectivity index (χ1v) is 22.3. The second-order valence-corrected chi connectivity index (χ2v) is 16.6. The lowest BCUT2D eigenvalue weighted by atomic mass is 9.67. The number of ether oxygens (including phenoxy) is 2. The van der Waals surface area contributed by atoms with Crippen LogP contribution in [0.15, 0.2) is 233 Å². The first kappa shape index (κ1) is 43.2. The van der Waals surface area contributed by atoms with Gasteiger partial charge >= 0.3 is 0 Å². The van der Waals surface area contributed by atoms with Gasteiger partial charge in [0.2, 0.25) is 0 Å². The van der Waals surface area contributed by atoms with E-state index < -0.39 is 10.8 Å². The summed E-state index contributed by atoms with van der Waals surface area (Å²) < 4.78 is 11.5. The van der Waals surface area contributed by atoms with E-state index in [9.17, 15) is 10.2 Å². The molecule has 8 aromatic rings. The first-order valence-electron chi connectivity index (χ1n) is 22.3. The molecule has 0 amide bonds. The first-order chi connectivity index (χ1) is 32.4. The molecule has 0 fully saturated rings. The number of aromatic hydroxyl groups is 2. The standard InChI is InChI=1S/2C31H26O2/c1-3-21-32-25-17-13-23(14-18-25)31(24-15-19-26(20-16-24)33-22-4-2)29-11-7-5-9-27(29)28-10-6-8-12-30(28)31;1-3-9-21-19-23(15-17-29(21)32)31(24-16-18-30(33)22(20-24)10-4-2)27-13-7-5-11-25(27)26-12-6-8-14-28(26)31/h3-20H,1-2,21-22H2;3-8,11-20,32-33H,1-2,9-10H2. The Bertz CT molecular complexity index is 2870. The van der Waals surface area contributed by atoms with Gasteiger partial charge in [0.1, 0.15) is 36.2 Å². The molecule has 4 heteroatoms. The molecule has 0 radical (unpaired) electrons. The Hall–Kier alpha value is -8.08. The Labute approximate surface area is 388 Å². The van der Waals surface area contributed by atoms with Crippen molar-refractivity contribution in [2.45, 2.75) is 23.7 Å². The molecule has 0 aliphatic heterocycles. The van der Waals surface area contributed by atoms with Crippen LogP contribution in [0.5, 0.6) is 23.0 Å². The lowest BCUT2D eigenvalue weighted by Gasteiger charge is -2.34. The zero-order chi connectivity index (χ0) is 45.7. The molecule has 0 aromatic heterocycles. The van der Waals surface area contributed by atoms with Crippen LogP contribution in [0.4, 0.5) is 0 Å². The Kier molecular flexibility index (Phi) is 12.1. The molecule has 0 heterocycles. The third kappa shape index (κ3) is 7.31. The van der Waals surface area contributed by atoms with E-state index in [0.29, 0.717) is 26.1 Å². The maximum Gasteiger partial charge on any atom is 0.119 e. The number of allylic oxidation sites excluding steroid dienone is 2. The highest BCUT2D eigenvalue weighted by molar-refractivity contribution is 5.87. The average Bonchev–Trinajstić information content (AvgIpc) is 3.83. The fraction of sp³-hybridized carbons (Fsp3) is 0.0968. The molecule has 2 aliphatic rings. The zero-order valence-electron chi connectivity index (χ0n) is 37.0. The minimum atomic E-state index is -0.583. The van der Waals surface area contributed by atoms with Crippen LogP contribution in [0, 0.1) is 0 Å². The van der Waals surface area contributed by atoms with Crippen molar-refractivity contribution in [1.82, 2.24) is 0 Å². The third-order valence-electron chi connectivity index (χ3n) is 13.0. The maximum atomic E-state index is 10.5. The van der Waals surface area contributed by atoms with E-state index in [2.05, 4.69) is 160 Å². The molecule has 2 N–H and O–H groups in total. The van der Waals surface area contributed by atoms with Crippen LogP contribution in [-0.4, -0.2) is 23.4 Å². The second kappa shape index (κ2) is 18.6. The van der Waals surface area contributed by atoms with Crippen LogP contribution in [0.1, 0.15) is 55.6 Å². The molecule has 66 heavy (non-hydrogen) atoms. The van der Waals surface area contributed by atoms with E-state index in [1.165, 1.54) is 55.6 Å². The summed E-state index contributed by atoms with van der Waals surface area (Å²) in [5, 5.41) is 21.0. The summed E-state index contributed by atoms with van der Waals surface area (Å²) in [7, 11) is 0. The molecular formula is C62H52O4. The van der Waals surface area contributed by atoms with Gasteiger partial charge in [0.15, 0.2) is 0 Å². The highest BCUT2D eigenvalue weighted by Gasteiger charge is 2.47. The van der Waals surface area contributed by atoms with Crippen LogP contribution in [0.3, 0.4) is 0 Å². The molecule has 2 aliphatic carbocycles. The van der Waals surface area contributed by atoms with Crippen molar-refractivity contribution in [3.8, 4) is 45.3 Å². The van der Waals surface area contributed by atoms with E-state index >= 15 is 0 Å². The van der Waals surface area contributed by atoms with Crippen LogP contribution in [-0.2, 0) is 23.7 Å². The van der Waals surface area contributed by atoms with Gasteiger partial charge in [0.25, 0.3) is 0 Å². The van der Waals surface area contributed by atoms with Crippen molar-refractivity contribution in [2.24, 2.45) is 0 Å². The number of benzene rings is 8. The van der Waals surface area contributed by atoms with Crippen molar-refractivity contribution in [3.05, 3.63) is 288 Å².